The zero-order valence-electron chi connectivity index (χ0n) is 16.8. The molecule has 2 heterocycles. The molecular formula is C23H22N4O2S. The van der Waals surface area contributed by atoms with Crippen molar-refractivity contribution >= 4 is 33.9 Å². The van der Waals surface area contributed by atoms with Gasteiger partial charge in [0.25, 0.3) is 0 Å². The number of aromatic carboxylic acids is 1. The van der Waals surface area contributed by atoms with E-state index in [1.165, 1.54) is 28.2 Å². The normalized spacial score (nSPS) is 11.0. The number of carboxylic acids is 1. The zero-order chi connectivity index (χ0) is 21.1. The molecule has 0 unspecified atom stereocenters. The molecule has 30 heavy (non-hydrogen) atoms. The number of fused-ring (bicyclic) bond motifs is 1. The number of benzene rings is 2. The summed E-state index contributed by atoms with van der Waals surface area (Å²) in [6.45, 7) is 4.79. The smallest absolute Gasteiger partial charge is 0.347 e. The van der Waals surface area contributed by atoms with Gasteiger partial charge in [-0.3, -0.25) is 0 Å². The number of aryl methyl sites for hydroxylation is 2. The minimum Gasteiger partial charge on any atom is -0.477 e. The number of anilines is 1. The molecule has 0 fully saturated rings. The van der Waals surface area contributed by atoms with E-state index < -0.39 is 5.97 Å². The van der Waals surface area contributed by atoms with Crippen LogP contribution in [-0.4, -0.2) is 32.6 Å². The Bertz CT molecular complexity index is 1220. The highest BCUT2D eigenvalue weighted by Crippen LogP contribution is 2.28. The predicted molar refractivity (Wildman–Crippen MR) is 120 cm³/mol. The topological polar surface area (TPSA) is 88.0 Å². The Labute approximate surface area is 178 Å². The number of hydrogen-bond donors (Lipinski definition) is 2. The number of carbonyl (C=O) groups is 1. The van der Waals surface area contributed by atoms with E-state index in [0.717, 1.165) is 24.3 Å². The van der Waals surface area contributed by atoms with Gasteiger partial charge in [0.1, 0.15) is 27.7 Å². The SMILES string of the molecule is CCc1nc(-c2cc(NCCc3ccc4ccccc4c3C)ncn2)sc1C(=O)O. The van der Waals surface area contributed by atoms with Gasteiger partial charge >= 0.3 is 5.97 Å². The molecular weight excluding hydrogens is 396 g/mol. The van der Waals surface area contributed by atoms with Gasteiger partial charge in [-0.2, -0.15) is 0 Å². The fraction of sp³-hybridized carbons (Fsp3) is 0.217. The minimum absolute atomic E-state index is 0.271. The van der Waals surface area contributed by atoms with E-state index in [1.807, 2.05) is 13.0 Å². The predicted octanol–water partition coefficient (Wildman–Crippen LogP) is 4.98. The van der Waals surface area contributed by atoms with E-state index in [2.05, 4.69) is 63.6 Å². The highest BCUT2D eigenvalue weighted by molar-refractivity contribution is 7.17. The van der Waals surface area contributed by atoms with Crippen LogP contribution < -0.4 is 5.32 Å². The molecule has 0 aliphatic rings. The summed E-state index contributed by atoms with van der Waals surface area (Å²) in [5, 5.41) is 15.8. The molecule has 152 valence electrons. The van der Waals surface area contributed by atoms with Crippen molar-refractivity contribution in [3.8, 4) is 10.7 Å². The summed E-state index contributed by atoms with van der Waals surface area (Å²) in [5.41, 5.74) is 3.81. The third-order valence-corrected chi connectivity index (χ3v) is 6.23. The number of carboxylic acid groups (broad SMARTS) is 1. The van der Waals surface area contributed by atoms with Gasteiger partial charge in [-0.25, -0.2) is 19.7 Å². The Hall–Kier alpha value is -3.32. The van der Waals surface area contributed by atoms with Crippen LogP contribution in [0, 0.1) is 6.92 Å². The molecule has 4 rings (SSSR count). The molecule has 4 aromatic rings. The summed E-state index contributed by atoms with van der Waals surface area (Å²) >= 11 is 1.15. The maximum Gasteiger partial charge on any atom is 0.347 e. The van der Waals surface area contributed by atoms with Gasteiger partial charge in [0.2, 0.25) is 0 Å². The molecule has 0 aliphatic heterocycles. The maximum absolute atomic E-state index is 11.4. The fourth-order valence-corrected chi connectivity index (χ4v) is 4.47. The van der Waals surface area contributed by atoms with Gasteiger partial charge < -0.3 is 10.4 Å². The van der Waals surface area contributed by atoms with Crippen molar-refractivity contribution in [3.05, 3.63) is 70.5 Å². The molecule has 7 heteroatoms. The van der Waals surface area contributed by atoms with Gasteiger partial charge in [-0.15, -0.1) is 11.3 Å². The summed E-state index contributed by atoms with van der Waals surface area (Å²) < 4.78 is 0. The van der Waals surface area contributed by atoms with Crippen LogP contribution >= 0.6 is 11.3 Å². The van der Waals surface area contributed by atoms with Gasteiger partial charge in [0.15, 0.2) is 0 Å². The second-order valence-corrected chi connectivity index (χ2v) is 7.99. The van der Waals surface area contributed by atoms with E-state index in [0.29, 0.717) is 28.6 Å². The molecule has 0 aliphatic carbocycles. The number of hydrogen-bond acceptors (Lipinski definition) is 6. The van der Waals surface area contributed by atoms with Crippen molar-refractivity contribution in [1.82, 2.24) is 15.0 Å². The first-order valence-corrected chi connectivity index (χ1v) is 10.6. The Morgan fingerprint density at radius 1 is 1.17 bits per heavy atom. The van der Waals surface area contributed by atoms with Gasteiger partial charge in [-0.1, -0.05) is 43.3 Å². The summed E-state index contributed by atoms with van der Waals surface area (Å²) in [4.78, 5) is 24.7. The lowest BCUT2D eigenvalue weighted by Crippen LogP contribution is -2.07. The fourth-order valence-electron chi connectivity index (χ4n) is 3.51. The van der Waals surface area contributed by atoms with Crippen LogP contribution in [0.4, 0.5) is 5.82 Å². The summed E-state index contributed by atoms with van der Waals surface area (Å²) in [5.74, 6) is -0.252. The van der Waals surface area contributed by atoms with Crippen LogP contribution in [0.1, 0.15) is 33.4 Å². The number of nitrogens with zero attached hydrogens (tertiary/aromatic N) is 3. The van der Waals surface area contributed by atoms with Crippen LogP contribution in [0.5, 0.6) is 0 Å². The van der Waals surface area contributed by atoms with Gasteiger partial charge in [0.05, 0.1) is 5.69 Å². The Morgan fingerprint density at radius 2 is 2.00 bits per heavy atom. The molecule has 0 amide bonds. The molecule has 0 radical (unpaired) electrons. The van der Waals surface area contributed by atoms with E-state index in [1.54, 1.807) is 0 Å². The maximum atomic E-state index is 11.4. The lowest BCUT2D eigenvalue weighted by Gasteiger charge is -2.11. The molecule has 0 saturated heterocycles. The Balaban J connectivity index is 1.48. The van der Waals surface area contributed by atoms with Crippen LogP contribution in [0.3, 0.4) is 0 Å². The first-order valence-electron chi connectivity index (χ1n) is 9.83. The van der Waals surface area contributed by atoms with Crippen LogP contribution in [0.15, 0.2) is 48.8 Å². The molecule has 2 aromatic heterocycles. The second kappa shape index (κ2) is 8.59. The van der Waals surface area contributed by atoms with E-state index in [9.17, 15) is 9.90 Å². The molecule has 0 saturated carbocycles. The van der Waals surface area contributed by atoms with Gasteiger partial charge in [-0.05, 0) is 41.7 Å². The van der Waals surface area contributed by atoms with Gasteiger partial charge in [0, 0.05) is 12.6 Å². The van der Waals surface area contributed by atoms with Crippen molar-refractivity contribution in [3.63, 3.8) is 0 Å². The average molecular weight is 419 g/mol. The largest absolute Gasteiger partial charge is 0.477 e. The van der Waals surface area contributed by atoms with Crippen molar-refractivity contribution in [2.24, 2.45) is 0 Å². The van der Waals surface area contributed by atoms with Crippen molar-refractivity contribution in [1.29, 1.82) is 0 Å². The number of nitrogens with one attached hydrogen (secondary N) is 1. The average Bonchev–Trinajstić information content (AvgIpc) is 3.21. The van der Waals surface area contributed by atoms with Crippen molar-refractivity contribution in [2.75, 3.05) is 11.9 Å². The zero-order valence-corrected chi connectivity index (χ0v) is 17.7. The highest BCUT2D eigenvalue weighted by Gasteiger charge is 2.17. The van der Waals surface area contributed by atoms with E-state index in [-0.39, 0.29) is 4.88 Å². The molecule has 2 N–H and O–H groups in total. The lowest BCUT2D eigenvalue weighted by atomic mass is 9.98. The van der Waals surface area contributed by atoms with Crippen LogP contribution in [0.25, 0.3) is 21.5 Å². The summed E-state index contributed by atoms with van der Waals surface area (Å²) in [6.07, 6.45) is 2.92. The van der Waals surface area contributed by atoms with E-state index in [4.69, 9.17) is 0 Å². The van der Waals surface area contributed by atoms with E-state index >= 15 is 0 Å². The number of aromatic nitrogens is 3. The second-order valence-electron chi connectivity index (χ2n) is 6.99. The minimum atomic E-state index is -0.950. The number of thiazole rings is 1. The third kappa shape index (κ3) is 4.02. The highest BCUT2D eigenvalue weighted by atomic mass is 32.1. The summed E-state index contributed by atoms with van der Waals surface area (Å²) in [6, 6.07) is 14.6. The summed E-state index contributed by atoms with van der Waals surface area (Å²) in [7, 11) is 0. The molecule has 0 spiro atoms. The van der Waals surface area contributed by atoms with Crippen LogP contribution in [0.2, 0.25) is 0 Å². The monoisotopic (exact) mass is 418 g/mol. The third-order valence-electron chi connectivity index (χ3n) is 5.12. The molecule has 2 aromatic carbocycles. The standard InChI is InChI=1S/C23H22N4O2S/c1-3-18-21(23(28)29)30-22(27-18)19-12-20(26-13-25-19)24-11-10-15-8-9-16-6-4-5-7-17(16)14(15)2/h4-9,12-13H,3,10-11H2,1-2H3,(H,28,29)(H,24,25,26). The first-order chi connectivity index (χ1) is 14.6. The Kier molecular flexibility index (Phi) is 5.72. The molecule has 6 nitrogen and oxygen atoms in total. The first kappa shape index (κ1) is 20.0. The number of rotatable bonds is 7. The van der Waals surface area contributed by atoms with Crippen LogP contribution in [-0.2, 0) is 12.8 Å². The Morgan fingerprint density at radius 3 is 2.77 bits per heavy atom. The molecule has 0 atom stereocenters. The lowest BCUT2D eigenvalue weighted by molar-refractivity contribution is 0.0701. The van der Waals surface area contributed by atoms with Crippen molar-refractivity contribution < 1.29 is 9.90 Å². The van der Waals surface area contributed by atoms with Crippen molar-refractivity contribution in [2.45, 2.75) is 26.7 Å². The quantitative estimate of drug-likeness (QED) is 0.440. The molecule has 0 bridgehead atoms.